The Kier molecular flexibility index (Phi) is 6.22. The zero-order valence-corrected chi connectivity index (χ0v) is 14.2. The summed E-state index contributed by atoms with van der Waals surface area (Å²) in [5, 5.41) is 2.75. The van der Waals surface area contributed by atoms with Crippen molar-refractivity contribution in [1.29, 1.82) is 0 Å². The molecule has 2 aromatic rings. The standard InChI is InChI=1S/C19H20F2N2O2/c1-3-7-22-18(24)14-5-4-6-15(10-14)19(25)23(2)12-13-8-16(20)11-17(21)9-13/h4-6,8-11H,3,7,12H2,1-2H3,(H,22,24). The van der Waals surface area contributed by atoms with Crippen molar-refractivity contribution in [2.75, 3.05) is 13.6 Å². The summed E-state index contributed by atoms with van der Waals surface area (Å²) in [4.78, 5) is 25.9. The second-order valence-corrected chi connectivity index (χ2v) is 5.78. The van der Waals surface area contributed by atoms with Gasteiger partial charge in [-0.3, -0.25) is 9.59 Å². The van der Waals surface area contributed by atoms with E-state index in [1.165, 1.54) is 30.1 Å². The van der Waals surface area contributed by atoms with Gasteiger partial charge in [0.25, 0.3) is 11.8 Å². The zero-order valence-electron chi connectivity index (χ0n) is 14.2. The number of amides is 2. The average molecular weight is 346 g/mol. The number of nitrogens with one attached hydrogen (secondary N) is 1. The van der Waals surface area contributed by atoms with Crippen LogP contribution in [0.15, 0.2) is 42.5 Å². The van der Waals surface area contributed by atoms with Gasteiger partial charge in [-0.2, -0.15) is 0 Å². The SMILES string of the molecule is CCCNC(=O)c1cccc(C(=O)N(C)Cc2cc(F)cc(F)c2)c1. The van der Waals surface area contributed by atoms with Gasteiger partial charge in [-0.05, 0) is 42.3 Å². The van der Waals surface area contributed by atoms with E-state index in [0.717, 1.165) is 12.5 Å². The van der Waals surface area contributed by atoms with Gasteiger partial charge in [0, 0.05) is 37.3 Å². The Morgan fingerprint density at radius 1 is 1.04 bits per heavy atom. The third-order valence-corrected chi connectivity index (χ3v) is 3.60. The summed E-state index contributed by atoms with van der Waals surface area (Å²) < 4.78 is 26.5. The summed E-state index contributed by atoms with van der Waals surface area (Å²) in [5.41, 5.74) is 1.08. The number of rotatable bonds is 6. The van der Waals surface area contributed by atoms with Crippen molar-refractivity contribution < 1.29 is 18.4 Å². The summed E-state index contributed by atoms with van der Waals surface area (Å²) >= 11 is 0. The first-order valence-electron chi connectivity index (χ1n) is 7.99. The first-order chi connectivity index (χ1) is 11.9. The fourth-order valence-electron chi connectivity index (χ4n) is 2.40. The van der Waals surface area contributed by atoms with Crippen LogP contribution in [0.1, 0.15) is 39.6 Å². The molecular formula is C19H20F2N2O2. The van der Waals surface area contributed by atoms with E-state index in [9.17, 15) is 18.4 Å². The first-order valence-corrected chi connectivity index (χ1v) is 7.99. The predicted molar refractivity (Wildman–Crippen MR) is 91.2 cm³/mol. The van der Waals surface area contributed by atoms with Crippen LogP contribution in [0, 0.1) is 11.6 Å². The summed E-state index contributed by atoms with van der Waals surface area (Å²) in [6, 6.07) is 9.51. The highest BCUT2D eigenvalue weighted by Gasteiger charge is 2.15. The first kappa shape index (κ1) is 18.6. The van der Waals surface area contributed by atoms with E-state index in [4.69, 9.17) is 0 Å². The zero-order chi connectivity index (χ0) is 18.4. The predicted octanol–water partition coefficient (Wildman–Crippen LogP) is 3.38. The van der Waals surface area contributed by atoms with E-state index in [-0.39, 0.29) is 18.4 Å². The Morgan fingerprint density at radius 3 is 2.32 bits per heavy atom. The largest absolute Gasteiger partial charge is 0.352 e. The van der Waals surface area contributed by atoms with Crippen molar-refractivity contribution in [3.05, 3.63) is 70.8 Å². The number of benzene rings is 2. The molecule has 0 radical (unpaired) electrons. The van der Waals surface area contributed by atoms with E-state index in [0.29, 0.717) is 23.2 Å². The molecule has 0 aliphatic heterocycles. The Labute approximate surface area is 145 Å². The van der Waals surface area contributed by atoms with E-state index >= 15 is 0 Å². The molecule has 0 saturated carbocycles. The molecule has 0 saturated heterocycles. The molecule has 132 valence electrons. The third kappa shape index (κ3) is 5.11. The monoisotopic (exact) mass is 346 g/mol. The van der Waals surface area contributed by atoms with Gasteiger partial charge in [0.1, 0.15) is 11.6 Å². The molecule has 0 aliphatic carbocycles. The van der Waals surface area contributed by atoms with Crippen LogP contribution in [0.3, 0.4) is 0 Å². The van der Waals surface area contributed by atoms with Crippen LogP contribution >= 0.6 is 0 Å². The maximum atomic E-state index is 13.3. The van der Waals surface area contributed by atoms with Gasteiger partial charge in [-0.15, -0.1) is 0 Å². The molecule has 0 bridgehead atoms. The maximum Gasteiger partial charge on any atom is 0.253 e. The van der Waals surface area contributed by atoms with Gasteiger partial charge in [0.15, 0.2) is 0 Å². The smallest absolute Gasteiger partial charge is 0.253 e. The molecule has 0 aliphatic rings. The van der Waals surface area contributed by atoms with E-state index < -0.39 is 11.6 Å². The van der Waals surface area contributed by atoms with Crippen LogP contribution in [-0.2, 0) is 6.54 Å². The molecule has 6 heteroatoms. The van der Waals surface area contributed by atoms with Crippen molar-refractivity contribution in [2.24, 2.45) is 0 Å². The topological polar surface area (TPSA) is 49.4 Å². The average Bonchev–Trinajstić information content (AvgIpc) is 2.58. The van der Waals surface area contributed by atoms with Crippen LogP contribution in [0.4, 0.5) is 8.78 Å². The van der Waals surface area contributed by atoms with E-state index in [1.54, 1.807) is 18.2 Å². The van der Waals surface area contributed by atoms with Crippen LogP contribution < -0.4 is 5.32 Å². The summed E-state index contributed by atoms with van der Waals surface area (Å²) in [7, 11) is 1.54. The normalized spacial score (nSPS) is 10.4. The Hall–Kier alpha value is -2.76. The van der Waals surface area contributed by atoms with Crippen molar-refractivity contribution in [3.63, 3.8) is 0 Å². The highest BCUT2D eigenvalue weighted by molar-refractivity contribution is 5.99. The lowest BCUT2D eigenvalue weighted by Crippen LogP contribution is -2.27. The quantitative estimate of drug-likeness (QED) is 0.872. The molecule has 2 aromatic carbocycles. The summed E-state index contributed by atoms with van der Waals surface area (Å²) in [6.07, 6.45) is 0.817. The van der Waals surface area contributed by atoms with E-state index in [2.05, 4.69) is 5.32 Å². The minimum absolute atomic E-state index is 0.0553. The second-order valence-electron chi connectivity index (χ2n) is 5.78. The lowest BCUT2D eigenvalue weighted by Gasteiger charge is -2.18. The summed E-state index contributed by atoms with van der Waals surface area (Å²) in [5.74, 6) is -1.96. The van der Waals surface area contributed by atoms with Crippen LogP contribution in [-0.4, -0.2) is 30.3 Å². The molecule has 0 unspecified atom stereocenters. The van der Waals surface area contributed by atoms with Crippen LogP contribution in [0.25, 0.3) is 0 Å². The van der Waals surface area contributed by atoms with Gasteiger partial charge < -0.3 is 10.2 Å². The molecule has 0 aromatic heterocycles. The fourth-order valence-corrected chi connectivity index (χ4v) is 2.40. The molecule has 0 fully saturated rings. The summed E-state index contributed by atoms with van der Waals surface area (Å²) in [6.45, 7) is 2.56. The van der Waals surface area contributed by atoms with Crippen molar-refractivity contribution >= 4 is 11.8 Å². The lowest BCUT2D eigenvalue weighted by atomic mass is 10.1. The molecule has 4 nitrogen and oxygen atoms in total. The lowest BCUT2D eigenvalue weighted by molar-refractivity contribution is 0.0784. The molecule has 1 N–H and O–H groups in total. The second kappa shape index (κ2) is 8.37. The number of hydrogen-bond donors (Lipinski definition) is 1. The van der Waals surface area contributed by atoms with Gasteiger partial charge in [-0.25, -0.2) is 8.78 Å². The van der Waals surface area contributed by atoms with Crippen molar-refractivity contribution in [1.82, 2.24) is 10.2 Å². The highest BCUT2D eigenvalue weighted by atomic mass is 19.1. The van der Waals surface area contributed by atoms with Crippen molar-refractivity contribution in [2.45, 2.75) is 19.9 Å². The van der Waals surface area contributed by atoms with E-state index in [1.807, 2.05) is 6.92 Å². The highest BCUT2D eigenvalue weighted by Crippen LogP contribution is 2.13. The minimum Gasteiger partial charge on any atom is -0.352 e. The third-order valence-electron chi connectivity index (χ3n) is 3.60. The Balaban J connectivity index is 2.12. The molecular weight excluding hydrogens is 326 g/mol. The molecule has 0 heterocycles. The molecule has 25 heavy (non-hydrogen) atoms. The number of nitrogens with zero attached hydrogens (tertiary/aromatic N) is 1. The van der Waals surface area contributed by atoms with Crippen molar-refractivity contribution in [3.8, 4) is 0 Å². The molecule has 2 amide bonds. The van der Waals surface area contributed by atoms with Gasteiger partial charge >= 0.3 is 0 Å². The Bertz CT molecular complexity index is 758. The van der Waals surface area contributed by atoms with Crippen LogP contribution in [0.2, 0.25) is 0 Å². The van der Waals surface area contributed by atoms with Gasteiger partial charge in [-0.1, -0.05) is 13.0 Å². The number of hydrogen-bond acceptors (Lipinski definition) is 2. The molecule has 2 rings (SSSR count). The number of halogens is 2. The number of carbonyl (C=O) groups is 2. The number of carbonyl (C=O) groups excluding carboxylic acids is 2. The molecule has 0 spiro atoms. The Morgan fingerprint density at radius 2 is 1.68 bits per heavy atom. The fraction of sp³-hybridized carbons (Fsp3) is 0.263. The molecule has 0 atom stereocenters. The minimum atomic E-state index is -0.689. The maximum absolute atomic E-state index is 13.3. The van der Waals surface area contributed by atoms with Gasteiger partial charge in [0.05, 0.1) is 0 Å². The van der Waals surface area contributed by atoms with Gasteiger partial charge in [0.2, 0.25) is 0 Å². The van der Waals surface area contributed by atoms with Crippen LogP contribution in [0.5, 0.6) is 0 Å².